The monoisotopic (exact) mass is 403 g/mol. The van der Waals surface area contributed by atoms with Crippen molar-refractivity contribution in [3.63, 3.8) is 0 Å². The Morgan fingerprint density at radius 3 is 2.18 bits per heavy atom. The fourth-order valence-electron chi connectivity index (χ4n) is 2.71. The van der Waals surface area contributed by atoms with E-state index in [2.05, 4.69) is 10.6 Å². The zero-order valence-electron chi connectivity index (χ0n) is 16.2. The second kappa shape index (κ2) is 9.36. The Kier molecular flexibility index (Phi) is 7.17. The molecule has 0 atom stereocenters. The van der Waals surface area contributed by atoms with E-state index in [1.807, 2.05) is 6.92 Å². The summed E-state index contributed by atoms with van der Waals surface area (Å²) in [5, 5.41) is 5.54. The molecule has 0 unspecified atom stereocenters. The van der Waals surface area contributed by atoms with E-state index in [9.17, 15) is 18.0 Å². The highest BCUT2D eigenvalue weighted by molar-refractivity contribution is 7.92. The van der Waals surface area contributed by atoms with Gasteiger partial charge in [-0.15, -0.1) is 0 Å². The molecule has 8 heteroatoms. The van der Waals surface area contributed by atoms with Crippen LogP contribution < -0.4 is 14.9 Å². The van der Waals surface area contributed by atoms with Crippen LogP contribution in [0.15, 0.2) is 48.5 Å². The summed E-state index contributed by atoms with van der Waals surface area (Å²) < 4.78 is 24.9. The number of anilines is 2. The van der Waals surface area contributed by atoms with Gasteiger partial charge in [-0.1, -0.05) is 19.1 Å². The molecule has 0 aliphatic carbocycles. The van der Waals surface area contributed by atoms with Gasteiger partial charge in [0, 0.05) is 18.7 Å². The first-order chi connectivity index (χ1) is 13.3. The van der Waals surface area contributed by atoms with Gasteiger partial charge in [0.05, 0.1) is 23.2 Å². The van der Waals surface area contributed by atoms with Gasteiger partial charge >= 0.3 is 0 Å². The van der Waals surface area contributed by atoms with E-state index in [-0.39, 0.29) is 11.8 Å². The minimum atomic E-state index is -3.38. The lowest BCUT2D eigenvalue weighted by Gasteiger charge is -2.20. The van der Waals surface area contributed by atoms with Gasteiger partial charge in [-0.2, -0.15) is 0 Å². The van der Waals surface area contributed by atoms with Crippen LogP contribution in [0.5, 0.6) is 0 Å². The molecule has 0 fully saturated rings. The second-order valence-corrected chi connectivity index (χ2v) is 8.14. The van der Waals surface area contributed by atoms with Crippen molar-refractivity contribution in [1.82, 2.24) is 5.32 Å². The molecular weight excluding hydrogens is 378 g/mol. The molecule has 0 saturated carbocycles. The first kappa shape index (κ1) is 21.4. The van der Waals surface area contributed by atoms with Gasteiger partial charge in [0.15, 0.2) is 0 Å². The molecule has 0 aliphatic rings. The van der Waals surface area contributed by atoms with E-state index in [0.717, 1.165) is 12.7 Å². The molecule has 0 radical (unpaired) electrons. The number of hydrogen-bond donors (Lipinski definition) is 2. The Hall–Kier alpha value is -2.87. The minimum Gasteiger partial charge on any atom is -0.352 e. The van der Waals surface area contributed by atoms with E-state index in [1.165, 1.54) is 4.31 Å². The van der Waals surface area contributed by atoms with E-state index in [1.54, 1.807) is 55.5 Å². The molecule has 2 rings (SSSR count). The molecule has 2 aromatic rings. The number of rotatable bonds is 8. The SMILES string of the molecule is CCCNC(=O)c1ccccc1NC(=O)c1ccc(N(CC)S(C)(=O)=O)cc1. The number of benzene rings is 2. The topological polar surface area (TPSA) is 95.6 Å². The Labute approximate surface area is 165 Å². The lowest BCUT2D eigenvalue weighted by Crippen LogP contribution is -2.29. The lowest BCUT2D eigenvalue weighted by molar-refractivity contribution is 0.0954. The summed E-state index contributed by atoms with van der Waals surface area (Å²) in [4.78, 5) is 24.8. The summed E-state index contributed by atoms with van der Waals surface area (Å²) in [5.41, 5.74) is 1.64. The number of carbonyl (C=O) groups excluding carboxylic acids is 2. The Bertz CT molecular complexity index is 940. The van der Waals surface area contributed by atoms with E-state index >= 15 is 0 Å². The van der Waals surface area contributed by atoms with Crippen molar-refractivity contribution in [2.45, 2.75) is 20.3 Å². The third kappa shape index (κ3) is 5.32. The molecule has 2 aromatic carbocycles. The zero-order valence-corrected chi connectivity index (χ0v) is 17.0. The van der Waals surface area contributed by atoms with Gasteiger partial charge in [-0.05, 0) is 49.7 Å². The highest BCUT2D eigenvalue weighted by Crippen LogP contribution is 2.20. The van der Waals surface area contributed by atoms with Gasteiger partial charge < -0.3 is 10.6 Å². The standard InChI is InChI=1S/C20H25N3O4S/c1-4-14-21-20(25)17-8-6-7-9-18(17)22-19(24)15-10-12-16(13-11-15)23(5-2)28(3,26)27/h6-13H,4-5,14H2,1-3H3,(H,21,25)(H,22,24). The minimum absolute atomic E-state index is 0.250. The zero-order chi connectivity index (χ0) is 20.7. The quantitative estimate of drug-likeness (QED) is 0.708. The van der Waals surface area contributed by atoms with Crippen molar-refractivity contribution >= 4 is 33.2 Å². The van der Waals surface area contributed by atoms with Gasteiger partial charge in [0.25, 0.3) is 11.8 Å². The van der Waals surface area contributed by atoms with Crippen LogP contribution in [0.4, 0.5) is 11.4 Å². The van der Waals surface area contributed by atoms with Crippen LogP contribution in [0.2, 0.25) is 0 Å². The fraction of sp³-hybridized carbons (Fsp3) is 0.300. The molecule has 0 saturated heterocycles. The number of sulfonamides is 1. The van der Waals surface area contributed by atoms with Gasteiger partial charge in [-0.25, -0.2) is 8.42 Å². The van der Waals surface area contributed by atoms with Crippen LogP contribution >= 0.6 is 0 Å². The van der Waals surface area contributed by atoms with Crippen LogP contribution in [0.1, 0.15) is 41.0 Å². The second-order valence-electron chi connectivity index (χ2n) is 6.23. The number of nitrogens with zero attached hydrogens (tertiary/aromatic N) is 1. The largest absolute Gasteiger partial charge is 0.352 e. The van der Waals surface area contributed by atoms with Crippen LogP contribution in [-0.2, 0) is 10.0 Å². The molecule has 0 spiro atoms. The number of hydrogen-bond acceptors (Lipinski definition) is 4. The maximum atomic E-state index is 12.6. The molecule has 2 amide bonds. The normalized spacial score (nSPS) is 11.0. The van der Waals surface area contributed by atoms with E-state index in [0.29, 0.717) is 35.6 Å². The average Bonchev–Trinajstić information content (AvgIpc) is 2.66. The fourth-order valence-corrected chi connectivity index (χ4v) is 3.68. The Morgan fingerprint density at radius 2 is 1.61 bits per heavy atom. The summed E-state index contributed by atoms with van der Waals surface area (Å²) in [6.07, 6.45) is 1.95. The Balaban J connectivity index is 2.19. The highest BCUT2D eigenvalue weighted by Gasteiger charge is 2.17. The molecular formula is C20H25N3O4S. The van der Waals surface area contributed by atoms with Crippen molar-refractivity contribution in [2.24, 2.45) is 0 Å². The molecule has 7 nitrogen and oxygen atoms in total. The predicted molar refractivity (Wildman–Crippen MR) is 111 cm³/mol. The number of para-hydroxylation sites is 1. The van der Waals surface area contributed by atoms with Crippen LogP contribution in [0.25, 0.3) is 0 Å². The first-order valence-corrected chi connectivity index (χ1v) is 10.9. The summed E-state index contributed by atoms with van der Waals surface area (Å²) in [6.45, 7) is 4.55. The van der Waals surface area contributed by atoms with Crippen molar-refractivity contribution in [3.8, 4) is 0 Å². The van der Waals surface area contributed by atoms with Crippen LogP contribution in [0.3, 0.4) is 0 Å². The molecule has 2 N–H and O–H groups in total. The molecule has 0 aliphatic heterocycles. The first-order valence-electron chi connectivity index (χ1n) is 9.04. The van der Waals surface area contributed by atoms with E-state index < -0.39 is 10.0 Å². The number of carbonyl (C=O) groups is 2. The summed E-state index contributed by atoms with van der Waals surface area (Å²) in [5.74, 6) is -0.635. The molecule has 0 bridgehead atoms. The van der Waals surface area contributed by atoms with Crippen molar-refractivity contribution in [1.29, 1.82) is 0 Å². The van der Waals surface area contributed by atoms with Crippen molar-refractivity contribution in [3.05, 3.63) is 59.7 Å². The summed E-state index contributed by atoms with van der Waals surface area (Å²) >= 11 is 0. The van der Waals surface area contributed by atoms with Gasteiger partial charge in [-0.3, -0.25) is 13.9 Å². The highest BCUT2D eigenvalue weighted by atomic mass is 32.2. The lowest BCUT2D eigenvalue weighted by atomic mass is 10.1. The van der Waals surface area contributed by atoms with Gasteiger partial charge in [0.1, 0.15) is 0 Å². The van der Waals surface area contributed by atoms with Crippen molar-refractivity contribution in [2.75, 3.05) is 29.0 Å². The molecule has 28 heavy (non-hydrogen) atoms. The van der Waals surface area contributed by atoms with Crippen LogP contribution in [0, 0.1) is 0 Å². The van der Waals surface area contributed by atoms with Gasteiger partial charge in [0.2, 0.25) is 10.0 Å². The van der Waals surface area contributed by atoms with Crippen LogP contribution in [-0.4, -0.2) is 39.6 Å². The number of amides is 2. The predicted octanol–water partition coefficient (Wildman–Crippen LogP) is 2.86. The van der Waals surface area contributed by atoms with E-state index in [4.69, 9.17) is 0 Å². The smallest absolute Gasteiger partial charge is 0.255 e. The molecule has 150 valence electrons. The summed E-state index contributed by atoms with van der Waals surface area (Å²) in [6, 6.07) is 13.1. The third-order valence-electron chi connectivity index (χ3n) is 4.06. The maximum Gasteiger partial charge on any atom is 0.255 e. The average molecular weight is 404 g/mol. The maximum absolute atomic E-state index is 12.6. The summed E-state index contributed by atoms with van der Waals surface area (Å²) in [7, 11) is -3.38. The Morgan fingerprint density at radius 1 is 0.964 bits per heavy atom. The third-order valence-corrected chi connectivity index (χ3v) is 5.33. The molecule has 0 heterocycles. The number of nitrogens with one attached hydrogen (secondary N) is 2. The molecule has 0 aromatic heterocycles. The van der Waals surface area contributed by atoms with Crippen molar-refractivity contribution < 1.29 is 18.0 Å².